The molecule has 3 atom stereocenters. The summed E-state index contributed by atoms with van der Waals surface area (Å²) in [6.07, 6.45) is -3.23. The molecule has 0 unspecified atom stereocenters. The van der Waals surface area contributed by atoms with Gasteiger partial charge in [0.05, 0.1) is 5.02 Å². The smallest absolute Gasteiger partial charge is 0.418 e. The molecular weight excluding hydrogens is 409 g/mol. The highest BCUT2D eigenvalue weighted by atomic mass is 35.5. The standard InChI is InChI=1S/C19H16ClF3N4O2/c1-17-8-14(17)18(19(21,22)23,27-16(24)29-17)10-3-2-4-12(7-10)26-15(28)13-6-5-11(20)9-25-13/h2-7,9,14H,8H2,1H3,(H2,24,27)(H,26,28)/t14-,17+,18-/m0/s1. The molecule has 0 bridgehead atoms. The number of rotatable bonds is 3. The Balaban J connectivity index is 1.71. The first kappa shape index (κ1) is 19.5. The van der Waals surface area contributed by atoms with Crippen molar-refractivity contribution in [2.75, 3.05) is 5.32 Å². The number of nitrogens with two attached hydrogens (primary N) is 1. The molecule has 0 radical (unpaired) electrons. The van der Waals surface area contributed by atoms with Crippen LogP contribution in [-0.2, 0) is 10.3 Å². The van der Waals surface area contributed by atoms with Crippen molar-refractivity contribution in [2.45, 2.75) is 30.7 Å². The monoisotopic (exact) mass is 424 g/mol. The largest absolute Gasteiger partial charge is 0.459 e. The average Bonchev–Trinajstić information content (AvgIpc) is 3.32. The Morgan fingerprint density at radius 1 is 1.34 bits per heavy atom. The van der Waals surface area contributed by atoms with E-state index in [0.29, 0.717) is 5.02 Å². The number of carbonyl (C=O) groups is 1. The topological polar surface area (TPSA) is 89.6 Å². The Hall–Kier alpha value is -2.81. The lowest BCUT2D eigenvalue weighted by Crippen LogP contribution is -2.50. The number of amidine groups is 1. The number of benzene rings is 1. The molecule has 1 aromatic heterocycles. The normalized spacial score (nSPS) is 28.0. The third kappa shape index (κ3) is 3.19. The number of nitrogens with zero attached hydrogens (tertiary/aromatic N) is 2. The molecule has 10 heteroatoms. The molecule has 1 aliphatic heterocycles. The zero-order valence-electron chi connectivity index (χ0n) is 15.1. The van der Waals surface area contributed by atoms with Gasteiger partial charge in [-0.3, -0.25) is 4.79 Å². The first-order valence-electron chi connectivity index (χ1n) is 8.70. The van der Waals surface area contributed by atoms with Crippen LogP contribution < -0.4 is 11.1 Å². The van der Waals surface area contributed by atoms with Crippen molar-refractivity contribution < 1.29 is 22.7 Å². The lowest BCUT2D eigenvalue weighted by Gasteiger charge is -2.37. The van der Waals surface area contributed by atoms with Gasteiger partial charge in [-0.2, -0.15) is 13.2 Å². The van der Waals surface area contributed by atoms with E-state index in [1.807, 2.05) is 0 Å². The van der Waals surface area contributed by atoms with Gasteiger partial charge in [0.2, 0.25) is 0 Å². The molecule has 6 nitrogen and oxygen atoms in total. The van der Waals surface area contributed by atoms with Crippen molar-refractivity contribution in [1.82, 2.24) is 4.98 Å². The van der Waals surface area contributed by atoms with Gasteiger partial charge in [0.25, 0.3) is 11.9 Å². The zero-order chi connectivity index (χ0) is 21.0. The van der Waals surface area contributed by atoms with Gasteiger partial charge < -0.3 is 15.8 Å². The Labute approximate surface area is 168 Å². The predicted molar refractivity (Wildman–Crippen MR) is 101 cm³/mol. The number of fused-ring (bicyclic) bond motifs is 1. The molecule has 3 N–H and O–H groups in total. The van der Waals surface area contributed by atoms with Crippen LogP contribution in [0, 0.1) is 5.92 Å². The highest BCUT2D eigenvalue weighted by Crippen LogP contribution is 2.65. The van der Waals surface area contributed by atoms with Crippen molar-refractivity contribution >= 4 is 29.2 Å². The quantitative estimate of drug-likeness (QED) is 0.782. The van der Waals surface area contributed by atoms with Crippen LogP contribution in [0.1, 0.15) is 29.4 Å². The Morgan fingerprint density at radius 3 is 2.76 bits per heavy atom. The van der Waals surface area contributed by atoms with Gasteiger partial charge in [0.15, 0.2) is 5.54 Å². The van der Waals surface area contributed by atoms with Crippen LogP contribution in [0.2, 0.25) is 5.02 Å². The van der Waals surface area contributed by atoms with Crippen LogP contribution in [0.5, 0.6) is 0 Å². The summed E-state index contributed by atoms with van der Waals surface area (Å²) in [5, 5.41) is 2.91. The van der Waals surface area contributed by atoms with Crippen LogP contribution in [0.3, 0.4) is 0 Å². The van der Waals surface area contributed by atoms with Crippen molar-refractivity contribution in [3.05, 3.63) is 58.9 Å². The number of anilines is 1. The van der Waals surface area contributed by atoms with E-state index in [9.17, 15) is 18.0 Å². The van der Waals surface area contributed by atoms with Crippen LogP contribution in [0.25, 0.3) is 0 Å². The summed E-state index contributed by atoms with van der Waals surface area (Å²) in [5.41, 5.74) is 2.17. The Bertz CT molecular complexity index is 1010. The predicted octanol–water partition coefficient (Wildman–Crippen LogP) is 3.87. The van der Waals surface area contributed by atoms with Crippen LogP contribution in [0.15, 0.2) is 47.6 Å². The fraction of sp³-hybridized carbons (Fsp3) is 0.316. The lowest BCUT2D eigenvalue weighted by atomic mass is 9.82. The van der Waals surface area contributed by atoms with Crippen molar-refractivity contribution in [2.24, 2.45) is 16.6 Å². The Kier molecular flexibility index (Phi) is 4.27. The molecule has 2 heterocycles. The number of aliphatic imine (C=N–C) groups is 1. The summed E-state index contributed by atoms with van der Waals surface area (Å²) in [7, 11) is 0. The van der Waals surface area contributed by atoms with Crippen molar-refractivity contribution in [3.63, 3.8) is 0 Å². The number of alkyl halides is 3. The number of amides is 1. The van der Waals surface area contributed by atoms with Crippen LogP contribution in [-0.4, -0.2) is 28.7 Å². The van der Waals surface area contributed by atoms with E-state index in [2.05, 4.69) is 15.3 Å². The number of hydrogen-bond donors (Lipinski definition) is 2. The van der Waals surface area contributed by atoms with Crippen LogP contribution in [0.4, 0.5) is 18.9 Å². The maximum Gasteiger partial charge on any atom is 0.418 e. The molecule has 1 fully saturated rings. The van der Waals surface area contributed by atoms with Gasteiger partial charge in [0, 0.05) is 17.8 Å². The second kappa shape index (κ2) is 6.35. The van der Waals surface area contributed by atoms with Gasteiger partial charge in [-0.05, 0) is 43.2 Å². The molecule has 152 valence electrons. The molecule has 1 aromatic carbocycles. The fourth-order valence-corrected chi connectivity index (χ4v) is 3.90. The van der Waals surface area contributed by atoms with E-state index < -0.39 is 35.2 Å². The second-order valence-corrected chi connectivity index (χ2v) is 7.72. The third-order valence-electron chi connectivity index (χ3n) is 5.27. The summed E-state index contributed by atoms with van der Waals surface area (Å²) in [6, 6.07) is 7.89. The van der Waals surface area contributed by atoms with E-state index in [1.54, 1.807) is 6.92 Å². The van der Waals surface area contributed by atoms with E-state index in [0.717, 1.165) is 0 Å². The number of aromatic nitrogens is 1. The summed E-state index contributed by atoms with van der Waals surface area (Å²) in [4.78, 5) is 20.0. The molecule has 0 saturated heterocycles. The average molecular weight is 425 g/mol. The number of pyridine rings is 1. The fourth-order valence-electron chi connectivity index (χ4n) is 3.79. The molecule has 29 heavy (non-hydrogen) atoms. The minimum atomic E-state index is -4.70. The second-order valence-electron chi connectivity index (χ2n) is 7.28. The highest BCUT2D eigenvalue weighted by Gasteiger charge is 2.75. The molecule has 1 amide bonds. The van der Waals surface area contributed by atoms with Crippen molar-refractivity contribution in [1.29, 1.82) is 0 Å². The molecule has 1 saturated carbocycles. The number of carbonyl (C=O) groups excluding carboxylic acids is 1. The summed E-state index contributed by atoms with van der Waals surface area (Å²) in [5.74, 6) is -1.49. The molecule has 2 aromatic rings. The molecular formula is C19H16ClF3N4O2. The van der Waals surface area contributed by atoms with Crippen molar-refractivity contribution in [3.8, 4) is 0 Å². The van der Waals surface area contributed by atoms with Gasteiger partial charge in [-0.1, -0.05) is 23.7 Å². The minimum Gasteiger partial charge on any atom is -0.459 e. The summed E-state index contributed by atoms with van der Waals surface area (Å²) in [6.45, 7) is 1.58. The number of nitrogens with one attached hydrogen (secondary N) is 1. The van der Waals surface area contributed by atoms with Gasteiger partial charge in [0.1, 0.15) is 11.3 Å². The van der Waals surface area contributed by atoms with E-state index >= 15 is 0 Å². The summed E-state index contributed by atoms with van der Waals surface area (Å²) >= 11 is 5.75. The SMILES string of the molecule is C[C@@]12C[C@@H]1[C@@](c1cccc(NC(=O)c3ccc(Cl)cn3)c1)(C(F)(F)F)N=C(N)O2. The number of ether oxygens (including phenoxy) is 1. The molecule has 1 aliphatic carbocycles. The maximum atomic E-state index is 14.3. The van der Waals surface area contributed by atoms with Crippen LogP contribution >= 0.6 is 11.6 Å². The van der Waals surface area contributed by atoms with Gasteiger partial charge in [-0.25, -0.2) is 9.98 Å². The van der Waals surface area contributed by atoms with E-state index in [1.165, 1.54) is 42.6 Å². The van der Waals surface area contributed by atoms with Gasteiger partial charge in [-0.15, -0.1) is 0 Å². The van der Waals surface area contributed by atoms with Gasteiger partial charge >= 0.3 is 6.18 Å². The molecule has 2 aliphatic rings. The minimum absolute atomic E-state index is 0.0773. The summed E-state index contributed by atoms with van der Waals surface area (Å²) < 4.78 is 48.1. The first-order valence-corrected chi connectivity index (χ1v) is 9.07. The lowest BCUT2D eigenvalue weighted by molar-refractivity contribution is -0.203. The molecule has 0 spiro atoms. The number of hydrogen-bond acceptors (Lipinski definition) is 5. The maximum absolute atomic E-state index is 14.3. The Morgan fingerprint density at radius 2 is 2.10 bits per heavy atom. The van der Waals surface area contributed by atoms with E-state index in [-0.39, 0.29) is 23.4 Å². The number of halogens is 4. The third-order valence-corrected chi connectivity index (χ3v) is 5.49. The van der Waals surface area contributed by atoms with E-state index in [4.69, 9.17) is 22.1 Å². The highest BCUT2D eigenvalue weighted by molar-refractivity contribution is 6.30. The first-order chi connectivity index (χ1) is 13.5. The molecule has 4 rings (SSSR count). The zero-order valence-corrected chi connectivity index (χ0v) is 15.9.